The number of para-hydroxylation sites is 1. The number of anilines is 1. The van der Waals surface area contributed by atoms with Crippen LogP contribution in [0, 0.1) is 0 Å². The first-order valence-electron chi connectivity index (χ1n) is 15.9. The molecule has 2 atom stereocenters. The minimum atomic E-state index is -3.74. The van der Waals surface area contributed by atoms with Gasteiger partial charge in [-0.15, -0.1) is 5.10 Å². The van der Waals surface area contributed by atoms with Crippen molar-refractivity contribution < 1.29 is 22.4 Å². The van der Waals surface area contributed by atoms with Crippen LogP contribution in [-0.4, -0.2) is 58.2 Å². The van der Waals surface area contributed by atoms with E-state index in [9.17, 15) is 18.0 Å². The number of carbonyl (C=O) groups excluding carboxylic acids is 2. The smallest absolute Gasteiger partial charge is 0.251 e. The van der Waals surface area contributed by atoms with E-state index in [4.69, 9.17) is 4.42 Å². The third-order valence-corrected chi connectivity index (χ3v) is 11.0. The van der Waals surface area contributed by atoms with Crippen LogP contribution < -0.4 is 10.2 Å². The monoisotopic (exact) mass is 632 g/mol. The molecular formula is C33H40N6O5S. The van der Waals surface area contributed by atoms with E-state index >= 15 is 0 Å². The van der Waals surface area contributed by atoms with Crippen molar-refractivity contribution in [2.45, 2.75) is 94.3 Å². The average Bonchev–Trinajstić information content (AvgIpc) is 3.75. The molecule has 45 heavy (non-hydrogen) atoms. The third-order valence-electron chi connectivity index (χ3n) is 9.01. The number of furan rings is 1. The molecule has 11 nitrogen and oxygen atoms in total. The fraction of sp³-hybridized carbons (Fsp3) is 0.455. The molecule has 2 fully saturated rings. The largest absolute Gasteiger partial charge is 0.467 e. The first-order valence-corrected chi connectivity index (χ1v) is 17.4. The van der Waals surface area contributed by atoms with E-state index in [1.165, 1.54) is 28.0 Å². The zero-order valence-electron chi connectivity index (χ0n) is 25.5. The maximum atomic E-state index is 14.3. The Morgan fingerprint density at radius 2 is 1.73 bits per heavy atom. The van der Waals surface area contributed by atoms with Gasteiger partial charge < -0.3 is 9.73 Å². The van der Waals surface area contributed by atoms with Crippen LogP contribution >= 0.6 is 0 Å². The van der Waals surface area contributed by atoms with Crippen molar-refractivity contribution in [3.05, 3.63) is 72.7 Å². The van der Waals surface area contributed by atoms with E-state index in [0.29, 0.717) is 29.0 Å². The van der Waals surface area contributed by atoms with Crippen LogP contribution in [0.25, 0.3) is 11.0 Å². The highest BCUT2D eigenvalue weighted by atomic mass is 32.2. The number of benzene rings is 2. The van der Waals surface area contributed by atoms with Crippen molar-refractivity contribution in [3.8, 4) is 0 Å². The van der Waals surface area contributed by atoms with Gasteiger partial charge in [0.2, 0.25) is 15.9 Å². The normalized spacial score (nSPS) is 18.9. The molecule has 2 amide bonds. The van der Waals surface area contributed by atoms with Gasteiger partial charge >= 0.3 is 0 Å². The van der Waals surface area contributed by atoms with Gasteiger partial charge in [-0.05, 0) is 80.6 Å². The van der Waals surface area contributed by atoms with Crippen molar-refractivity contribution in [2.75, 3.05) is 11.4 Å². The van der Waals surface area contributed by atoms with Crippen molar-refractivity contribution in [2.24, 2.45) is 0 Å². The molecule has 4 aromatic rings. The Kier molecular flexibility index (Phi) is 9.32. The summed E-state index contributed by atoms with van der Waals surface area (Å²) in [6.07, 6.45) is 9.85. The second kappa shape index (κ2) is 13.5. The first kappa shape index (κ1) is 31.0. The predicted octanol–water partition coefficient (Wildman–Crippen LogP) is 5.20. The molecule has 0 spiro atoms. The Morgan fingerprint density at radius 1 is 0.978 bits per heavy atom. The summed E-state index contributed by atoms with van der Waals surface area (Å²) in [5.74, 6) is -0.483. The van der Waals surface area contributed by atoms with E-state index in [-0.39, 0.29) is 29.4 Å². The molecule has 238 valence electrons. The van der Waals surface area contributed by atoms with Gasteiger partial charge in [0.25, 0.3) is 5.91 Å². The minimum Gasteiger partial charge on any atom is -0.467 e. The fourth-order valence-corrected chi connectivity index (χ4v) is 8.40. The van der Waals surface area contributed by atoms with Gasteiger partial charge in [0, 0.05) is 24.3 Å². The molecular weight excluding hydrogens is 592 g/mol. The SMILES string of the molecule is CCC1CCCCN1S(=O)(=O)c1ccc(N(C(=O)Cn2nnc3ccccc32)C(C(=O)NC2CCCCC2)c2ccco2)cc1. The quantitative estimate of drug-likeness (QED) is 0.254. The van der Waals surface area contributed by atoms with Crippen LogP contribution in [0.15, 0.2) is 76.2 Å². The molecule has 1 N–H and O–H groups in total. The number of aromatic nitrogens is 3. The number of hydrogen-bond acceptors (Lipinski definition) is 7. The number of fused-ring (bicyclic) bond motifs is 1. The molecule has 2 aromatic heterocycles. The Hall–Kier alpha value is -4.03. The minimum absolute atomic E-state index is 0.00324. The lowest BCUT2D eigenvalue weighted by Crippen LogP contribution is -2.48. The molecule has 2 aliphatic rings. The van der Waals surface area contributed by atoms with E-state index in [1.54, 1.807) is 28.6 Å². The van der Waals surface area contributed by atoms with E-state index in [1.807, 2.05) is 31.2 Å². The zero-order valence-corrected chi connectivity index (χ0v) is 26.4. The molecule has 1 aliphatic carbocycles. The summed E-state index contributed by atoms with van der Waals surface area (Å²) in [5.41, 5.74) is 1.70. The summed E-state index contributed by atoms with van der Waals surface area (Å²) in [5, 5.41) is 11.5. The average molecular weight is 633 g/mol. The van der Waals surface area contributed by atoms with Crippen LogP contribution in [0.5, 0.6) is 0 Å². The number of piperidine rings is 1. The summed E-state index contributed by atoms with van der Waals surface area (Å²) >= 11 is 0. The molecule has 3 heterocycles. The van der Waals surface area contributed by atoms with E-state index in [2.05, 4.69) is 15.6 Å². The number of hydrogen-bond donors (Lipinski definition) is 1. The van der Waals surface area contributed by atoms with Crippen LogP contribution in [0.4, 0.5) is 5.69 Å². The number of nitrogens with zero attached hydrogens (tertiary/aromatic N) is 5. The van der Waals surface area contributed by atoms with Gasteiger partial charge in [-0.2, -0.15) is 4.31 Å². The maximum absolute atomic E-state index is 14.3. The van der Waals surface area contributed by atoms with Gasteiger partial charge in [-0.25, -0.2) is 13.1 Å². The lowest BCUT2D eigenvalue weighted by Gasteiger charge is -2.34. The number of nitrogens with one attached hydrogen (secondary N) is 1. The highest BCUT2D eigenvalue weighted by Crippen LogP contribution is 2.33. The van der Waals surface area contributed by atoms with Crippen molar-refractivity contribution in [1.82, 2.24) is 24.6 Å². The Labute approximate surface area is 263 Å². The van der Waals surface area contributed by atoms with Gasteiger partial charge in [0.1, 0.15) is 17.8 Å². The highest BCUT2D eigenvalue weighted by Gasteiger charge is 2.37. The van der Waals surface area contributed by atoms with Crippen molar-refractivity contribution >= 4 is 38.6 Å². The topological polar surface area (TPSA) is 131 Å². The standard InChI is InChI=1S/C33H40N6O5S/c1-2-25-13-8-9-21-38(25)45(42,43)27-19-17-26(18-20-27)39(31(40)23-37-29-15-7-6-14-28(29)35-36-37)32(30-16-10-22-44-30)33(41)34-24-11-4-3-5-12-24/h6-7,10,14-20,22,24-25,32H,2-5,8-9,11-13,21,23H2,1H3,(H,34,41). The second-order valence-electron chi connectivity index (χ2n) is 11.9. The summed E-state index contributed by atoms with van der Waals surface area (Å²) in [4.78, 5) is 29.9. The molecule has 1 saturated heterocycles. The fourth-order valence-electron chi connectivity index (χ4n) is 6.64. The van der Waals surface area contributed by atoms with E-state index < -0.39 is 22.0 Å². The van der Waals surface area contributed by atoms with Gasteiger partial charge in [0.05, 0.1) is 16.7 Å². The molecule has 2 unspecified atom stereocenters. The maximum Gasteiger partial charge on any atom is 0.251 e. The Balaban J connectivity index is 1.37. The van der Waals surface area contributed by atoms with Crippen LogP contribution in [0.1, 0.15) is 76.5 Å². The molecule has 12 heteroatoms. The molecule has 1 saturated carbocycles. The van der Waals surface area contributed by atoms with Gasteiger partial charge in [0.15, 0.2) is 6.04 Å². The lowest BCUT2D eigenvalue weighted by atomic mass is 9.95. The number of sulfonamides is 1. The number of amides is 2. The molecule has 2 aromatic carbocycles. The first-order chi connectivity index (χ1) is 21.9. The summed E-state index contributed by atoms with van der Waals surface area (Å²) < 4.78 is 36.3. The summed E-state index contributed by atoms with van der Waals surface area (Å²) in [6.45, 7) is 2.30. The second-order valence-corrected chi connectivity index (χ2v) is 13.8. The number of rotatable bonds is 10. The van der Waals surface area contributed by atoms with E-state index in [0.717, 1.165) is 57.8 Å². The van der Waals surface area contributed by atoms with Gasteiger partial charge in [-0.3, -0.25) is 14.5 Å². The molecule has 1 aliphatic heterocycles. The van der Waals surface area contributed by atoms with Gasteiger partial charge in [-0.1, -0.05) is 50.0 Å². The molecule has 0 bridgehead atoms. The third kappa shape index (κ3) is 6.53. The van der Waals surface area contributed by atoms with Crippen LogP contribution in [-0.2, 0) is 26.2 Å². The summed E-state index contributed by atoms with van der Waals surface area (Å²) in [6, 6.07) is 15.8. The molecule has 6 rings (SSSR count). The van der Waals surface area contributed by atoms with Crippen molar-refractivity contribution in [1.29, 1.82) is 0 Å². The van der Waals surface area contributed by atoms with Crippen molar-refractivity contribution in [3.63, 3.8) is 0 Å². The van der Waals surface area contributed by atoms with Crippen LogP contribution in [0.2, 0.25) is 0 Å². The summed E-state index contributed by atoms with van der Waals surface area (Å²) in [7, 11) is -3.74. The van der Waals surface area contributed by atoms with Crippen LogP contribution in [0.3, 0.4) is 0 Å². The Morgan fingerprint density at radius 3 is 2.47 bits per heavy atom. The Bertz CT molecular complexity index is 1710. The highest BCUT2D eigenvalue weighted by molar-refractivity contribution is 7.89. The molecule has 0 radical (unpaired) electrons. The number of carbonyl (C=O) groups is 2. The lowest BCUT2D eigenvalue weighted by molar-refractivity contribution is -0.128. The zero-order chi connectivity index (χ0) is 31.4. The predicted molar refractivity (Wildman–Crippen MR) is 170 cm³/mol.